The number of esters is 1. The number of piperidine rings is 1. The third-order valence-corrected chi connectivity index (χ3v) is 2.91. The second-order valence-electron chi connectivity index (χ2n) is 4.29. The van der Waals surface area contributed by atoms with E-state index in [1.807, 2.05) is 0 Å². The van der Waals surface area contributed by atoms with Gasteiger partial charge in [-0.05, 0) is 19.8 Å². The predicted octanol–water partition coefficient (Wildman–Crippen LogP) is -0.0913. The Morgan fingerprint density at radius 1 is 1.42 bits per heavy atom. The number of hydrogen-bond donors (Lipinski definition) is 1. The molecule has 1 heterocycles. The van der Waals surface area contributed by atoms with Crippen molar-refractivity contribution in [1.29, 1.82) is 0 Å². The Morgan fingerprint density at radius 2 is 2.05 bits per heavy atom. The molecule has 0 bridgehead atoms. The van der Waals surface area contributed by atoms with E-state index < -0.39 is 29.6 Å². The van der Waals surface area contributed by atoms with E-state index in [9.17, 15) is 23.2 Å². The van der Waals surface area contributed by atoms with Crippen LogP contribution in [0.4, 0.5) is 8.78 Å². The maximum atomic E-state index is 13.5. The second kappa shape index (κ2) is 5.94. The number of amides is 2. The highest BCUT2D eigenvalue weighted by Gasteiger charge is 2.52. The van der Waals surface area contributed by atoms with Crippen molar-refractivity contribution >= 4 is 17.8 Å². The lowest BCUT2D eigenvalue weighted by atomic mass is 9.97. The van der Waals surface area contributed by atoms with E-state index in [0.717, 1.165) is 4.90 Å². The first-order valence-electron chi connectivity index (χ1n) is 5.94. The minimum atomic E-state index is -4.23. The van der Waals surface area contributed by atoms with Crippen LogP contribution in [0.25, 0.3) is 0 Å². The van der Waals surface area contributed by atoms with Gasteiger partial charge in [0.15, 0.2) is 0 Å². The average Bonchev–Trinajstić information content (AvgIpc) is 2.38. The second-order valence-corrected chi connectivity index (χ2v) is 4.29. The zero-order valence-electron chi connectivity index (χ0n) is 10.5. The van der Waals surface area contributed by atoms with E-state index in [0.29, 0.717) is 12.8 Å². The van der Waals surface area contributed by atoms with Crippen molar-refractivity contribution < 1.29 is 27.9 Å². The van der Waals surface area contributed by atoms with E-state index in [2.05, 4.69) is 4.74 Å². The fourth-order valence-electron chi connectivity index (χ4n) is 1.90. The number of carbonyl (C=O) groups excluding carboxylic acids is 3. The maximum Gasteiger partial charge on any atom is 0.419 e. The fraction of sp³-hybridized carbons (Fsp3) is 0.727. The van der Waals surface area contributed by atoms with Gasteiger partial charge in [-0.2, -0.15) is 8.78 Å². The van der Waals surface area contributed by atoms with Crippen molar-refractivity contribution in [3.05, 3.63) is 0 Å². The number of ether oxygens (including phenoxy) is 1. The van der Waals surface area contributed by atoms with Crippen molar-refractivity contribution in [3.8, 4) is 0 Å². The molecule has 0 spiro atoms. The van der Waals surface area contributed by atoms with Gasteiger partial charge in [-0.15, -0.1) is 0 Å². The number of primary amides is 1. The van der Waals surface area contributed by atoms with Gasteiger partial charge in [-0.1, -0.05) is 0 Å². The number of rotatable bonds is 4. The molecule has 0 aromatic rings. The van der Waals surface area contributed by atoms with E-state index in [-0.39, 0.29) is 19.7 Å². The minimum Gasteiger partial charge on any atom is -0.461 e. The lowest BCUT2D eigenvalue weighted by Crippen LogP contribution is -2.53. The topological polar surface area (TPSA) is 89.7 Å². The molecule has 0 radical (unpaired) electrons. The molecule has 1 aliphatic heterocycles. The largest absolute Gasteiger partial charge is 0.461 e. The Bertz CT molecular complexity index is 387. The van der Waals surface area contributed by atoms with Crippen molar-refractivity contribution in [2.75, 3.05) is 19.7 Å². The van der Waals surface area contributed by atoms with Crippen LogP contribution < -0.4 is 5.73 Å². The predicted molar refractivity (Wildman–Crippen MR) is 60.1 cm³/mol. The summed E-state index contributed by atoms with van der Waals surface area (Å²) in [7, 11) is 0. The highest BCUT2D eigenvalue weighted by Crippen LogP contribution is 2.24. The summed E-state index contributed by atoms with van der Waals surface area (Å²) in [4.78, 5) is 34.5. The highest BCUT2D eigenvalue weighted by atomic mass is 19.3. The summed E-state index contributed by atoms with van der Waals surface area (Å²) >= 11 is 0. The zero-order chi connectivity index (χ0) is 14.6. The summed E-state index contributed by atoms with van der Waals surface area (Å²) in [5, 5.41) is 0. The Balaban J connectivity index is 2.76. The summed E-state index contributed by atoms with van der Waals surface area (Å²) in [5.41, 5.74) is 5.09. The molecule has 1 aliphatic rings. The first-order valence-corrected chi connectivity index (χ1v) is 5.94. The first-order chi connectivity index (χ1) is 8.80. The SMILES string of the molecule is CCOC(=O)C(F)(F)C(=O)N1CCCC(C(N)=O)C1. The molecule has 0 saturated carbocycles. The normalized spacial score (nSPS) is 19.9. The zero-order valence-corrected chi connectivity index (χ0v) is 10.5. The smallest absolute Gasteiger partial charge is 0.419 e. The van der Waals surface area contributed by atoms with Gasteiger partial charge in [0, 0.05) is 13.1 Å². The van der Waals surface area contributed by atoms with Crippen LogP contribution in [-0.2, 0) is 19.1 Å². The molecule has 1 unspecified atom stereocenters. The summed E-state index contributed by atoms with van der Waals surface area (Å²) < 4.78 is 31.2. The molecule has 1 saturated heterocycles. The number of hydrogen-bond acceptors (Lipinski definition) is 4. The Kier molecular flexibility index (Phi) is 4.79. The van der Waals surface area contributed by atoms with Crippen molar-refractivity contribution in [3.63, 3.8) is 0 Å². The van der Waals surface area contributed by atoms with Crippen LogP contribution in [0.3, 0.4) is 0 Å². The Morgan fingerprint density at radius 3 is 2.58 bits per heavy atom. The third kappa shape index (κ3) is 3.39. The van der Waals surface area contributed by atoms with Gasteiger partial charge in [0.05, 0.1) is 12.5 Å². The molecule has 1 rings (SSSR count). The summed E-state index contributed by atoms with van der Waals surface area (Å²) in [5.74, 6) is -9.04. The van der Waals surface area contributed by atoms with Crippen LogP contribution in [0, 0.1) is 5.92 Å². The van der Waals surface area contributed by atoms with Crippen LogP contribution >= 0.6 is 0 Å². The summed E-state index contributed by atoms with van der Waals surface area (Å²) in [6, 6.07) is 0. The molecule has 1 atom stereocenters. The lowest BCUT2D eigenvalue weighted by molar-refractivity contribution is -0.183. The number of halogens is 2. The molecule has 2 N–H and O–H groups in total. The van der Waals surface area contributed by atoms with Crippen molar-refractivity contribution in [2.45, 2.75) is 25.7 Å². The average molecular weight is 278 g/mol. The van der Waals surface area contributed by atoms with E-state index >= 15 is 0 Å². The standard InChI is InChI=1S/C11H16F2N2O4/c1-2-19-10(18)11(12,13)9(17)15-5-3-4-7(6-15)8(14)16/h7H,2-6H2,1H3,(H2,14,16). The van der Waals surface area contributed by atoms with Gasteiger partial charge in [0.1, 0.15) is 0 Å². The molecule has 108 valence electrons. The van der Waals surface area contributed by atoms with Gasteiger partial charge in [0.25, 0.3) is 0 Å². The van der Waals surface area contributed by atoms with E-state index in [4.69, 9.17) is 5.73 Å². The monoisotopic (exact) mass is 278 g/mol. The van der Waals surface area contributed by atoms with Gasteiger partial charge >= 0.3 is 17.8 Å². The summed E-state index contributed by atoms with van der Waals surface area (Å²) in [6.45, 7) is 0.995. The highest BCUT2D eigenvalue weighted by molar-refractivity contribution is 6.04. The molecule has 1 fully saturated rings. The number of nitrogens with zero attached hydrogens (tertiary/aromatic N) is 1. The molecule has 0 aromatic carbocycles. The van der Waals surface area contributed by atoms with E-state index in [1.165, 1.54) is 6.92 Å². The van der Waals surface area contributed by atoms with Crippen LogP contribution in [0.5, 0.6) is 0 Å². The lowest BCUT2D eigenvalue weighted by Gasteiger charge is -2.32. The maximum absolute atomic E-state index is 13.5. The molecular weight excluding hydrogens is 262 g/mol. The van der Waals surface area contributed by atoms with Crippen molar-refractivity contribution in [2.24, 2.45) is 11.7 Å². The van der Waals surface area contributed by atoms with Gasteiger partial charge < -0.3 is 15.4 Å². The number of carbonyl (C=O) groups is 3. The van der Waals surface area contributed by atoms with Crippen LogP contribution in [-0.4, -0.2) is 48.3 Å². The van der Waals surface area contributed by atoms with Crippen LogP contribution in [0.2, 0.25) is 0 Å². The number of alkyl halides is 2. The van der Waals surface area contributed by atoms with Crippen LogP contribution in [0.15, 0.2) is 0 Å². The third-order valence-electron chi connectivity index (χ3n) is 2.91. The molecule has 6 nitrogen and oxygen atoms in total. The first kappa shape index (κ1) is 15.3. The number of nitrogens with two attached hydrogens (primary N) is 1. The molecule has 0 aliphatic carbocycles. The van der Waals surface area contributed by atoms with Gasteiger partial charge in [-0.25, -0.2) is 4.79 Å². The quantitative estimate of drug-likeness (QED) is 0.575. The van der Waals surface area contributed by atoms with Gasteiger partial charge in [-0.3, -0.25) is 9.59 Å². The fourth-order valence-corrected chi connectivity index (χ4v) is 1.90. The van der Waals surface area contributed by atoms with Crippen LogP contribution in [0.1, 0.15) is 19.8 Å². The molecule has 19 heavy (non-hydrogen) atoms. The van der Waals surface area contributed by atoms with Crippen molar-refractivity contribution in [1.82, 2.24) is 4.90 Å². The van der Waals surface area contributed by atoms with Gasteiger partial charge in [0.2, 0.25) is 5.91 Å². The molecule has 0 aromatic heterocycles. The molecular formula is C11H16F2N2O4. The minimum absolute atomic E-state index is 0.0671. The Labute approximate surface area is 108 Å². The summed E-state index contributed by atoms with van der Waals surface area (Å²) in [6.07, 6.45) is 0.836. The molecule has 8 heteroatoms. The molecule has 2 amide bonds. The Hall–Kier alpha value is -1.73. The van der Waals surface area contributed by atoms with E-state index in [1.54, 1.807) is 0 Å². The number of likely N-dealkylation sites (tertiary alicyclic amines) is 1.